The second kappa shape index (κ2) is 8.90. The number of carbonyl (C=O) groups excluding carboxylic acids is 2. The fraction of sp³-hybridized carbons (Fsp3) is 0.304. The Bertz CT molecular complexity index is 1160. The molecule has 0 unspecified atom stereocenters. The second-order valence-corrected chi connectivity index (χ2v) is 7.39. The van der Waals surface area contributed by atoms with Gasteiger partial charge in [0.05, 0.1) is 17.3 Å². The van der Waals surface area contributed by atoms with Crippen LogP contribution in [0.5, 0.6) is 0 Å². The van der Waals surface area contributed by atoms with Crippen molar-refractivity contribution < 1.29 is 14.3 Å². The molecule has 3 aromatic rings. The number of hydrogen-bond donors (Lipinski definition) is 1. The number of nitrogens with one attached hydrogen (secondary N) is 1. The van der Waals surface area contributed by atoms with Crippen LogP contribution < -0.4 is 10.9 Å². The molecular formula is C23H25N3O4. The standard InChI is InChI=1S/C23H25N3O4/c1-14-11-15(2)22(16(3)12-14)25-20(27)13-30-21(28)10-9-19-24-18-8-6-5-7-17(18)23(29)26(19)4/h5-8,11-12H,9-10,13H2,1-4H3,(H,25,27). The van der Waals surface area contributed by atoms with Gasteiger partial charge < -0.3 is 10.1 Å². The number of benzene rings is 2. The van der Waals surface area contributed by atoms with Crippen LogP contribution in [0.25, 0.3) is 10.9 Å². The van der Waals surface area contributed by atoms with Gasteiger partial charge in [0.2, 0.25) is 0 Å². The fourth-order valence-electron chi connectivity index (χ4n) is 3.47. The molecule has 30 heavy (non-hydrogen) atoms. The summed E-state index contributed by atoms with van der Waals surface area (Å²) in [6.07, 6.45) is 0.266. The third kappa shape index (κ3) is 4.74. The van der Waals surface area contributed by atoms with E-state index in [9.17, 15) is 14.4 Å². The minimum absolute atomic E-state index is 0.0223. The first-order valence-electron chi connectivity index (χ1n) is 9.74. The molecule has 7 nitrogen and oxygen atoms in total. The third-order valence-corrected chi connectivity index (χ3v) is 4.93. The highest BCUT2D eigenvalue weighted by Crippen LogP contribution is 2.21. The summed E-state index contributed by atoms with van der Waals surface area (Å²) in [5.74, 6) is -0.425. The van der Waals surface area contributed by atoms with E-state index in [0.29, 0.717) is 16.7 Å². The second-order valence-electron chi connectivity index (χ2n) is 7.39. The zero-order valence-corrected chi connectivity index (χ0v) is 17.6. The highest BCUT2D eigenvalue weighted by atomic mass is 16.5. The smallest absolute Gasteiger partial charge is 0.306 e. The monoisotopic (exact) mass is 407 g/mol. The van der Waals surface area contributed by atoms with Crippen molar-refractivity contribution in [1.82, 2.24) is 9.55 Å². The lowest BCUT2D eigenvalue weighted by Gasteiger charge is -2.13. The van der Waals surface area contributed by atoms with Crippen LogP contribution in [-0.4, -0.2) is 28.0 Å². The Balaban J connectivity index is 1.57. The van der Waals surface area contributed by atoms with Crippen molar-refractivity contribution >= 4 is 28.5 Å². The minimum atomic E-state index is -0.523. The minimum Gasteiger partial charge on any atom is -0.456 e. The van der Waals surface area contributed by atoms with Crippen LogP contribution in [0, 0.1) is 20.8 Å². The maximum Gasteiger partial charge on any atom is 0.306 e. The van der Waals surface area contributed by atoms with Crippen LogP contribution in [-0.2, 0) is 27.8 Å². The Morgan fingerprint density at radius 1 is 1.10 bits per heavy atom. The Hall–Kier alpha value is -3.48. The molecule has 0 aliphatic heterocycles. The van der Waals surface area contributed by atoms with E-state index in [0.717, 1.165) is 22.4 Å². The van der Waals surface area contributed by atoms with Gasteiger partial charge in [-0.05, 0) is 44.0 Å². The zero-order valence-electron chi connectivity index (χ0n) is 17.6. The number of amides is 1. The molecule has 0 bridgehead atoms. The zero-order chi connectivity index (χ0) is 21.8. The molecule has 1 aromatic heterocycles. The van der Waals surface area contributed by atoms with Crippen LogP contribution in [0.3, 0.4) is 0 Å². The molecule has 0 saturated heterocycles. The molecule has 7 heteroatoms. The summed E-state index contributed by atoms with van der Waals surface area (Å²) >= 11 is 0. The van der Waals surface area contributed by atoms with E-state index in [1.807, 2.05) is 39.0 Å². The number of carbonyl (C=O) groups is 2. The van der Waals surface area contributed by atoms with Gasteiger partial charge in [0.15, 0.2) is 6.61 Å². The van der Waals surface area contributed by atoms with E-state index in [1.54, 1.807) is 25.2 Å². The largest absolute Gasteiger partial charge is 0.456 e. The van der Waals surface area contributed by atoms with Crippen molar-refractivity contribution in [2.24, 2.45) is 7.05 Å². The first-order chi connectivity index (χ1) is 14.3. The molecule has 0 aliphatic rings. The first kappa shape index (κ1) is 21.2. The molecule has 0 atom stereocenters. The maximum absolute atomic E-state index is 12.4. The van der Waals surface area contributed by atoms with Crippen molar-refractivity contribution in [3.05, 3.63) is 69.3 Å². The van der Waals surface area contributed by atoms with Gasteiger partial charge in [-0.15, -0.1) is 0 Å². The summed E-state index contributed by atoms with van der Waals surface area (Å²) in [7, 11) is 1.63. The predicted molar refractivity (Wildman–Crippen MR) is 116 cm³/mol. The summed E-state index contributed by atoms with van der Waals surface area (Å²) in [6, 6.07) is 11.0. The quantitative estimate of drug-likeness (QED) is 0.635. The number of anilines is 1. The average molecular weight is 407 g/mol. The molecule has 0 radical (unpaired) electrons. The number of rotatable bonds is 6. The number of nitrogens with zero attached hydrogens (tertiary/aromatic N) is 2. The third-order valence-electron chi connectivity index (χ3n) is 4.93. The van der Waals surface area contributed by atoms with Gasteiger partial charge in [0.25, 0.3) is 11.5 Å². The summed E-state index contributed by atoms with van der Waals surface area (Å²) in [6.45, 7) is 5.47. The number of ether oxygens (including phenoxy) is 1. The van der Waals surface area contributed by atoms with Crippen molar-refractivity contribution in [1.29, 1.82) is 0 Å². The lowest BCUT2D eigenvalue weighted by atomic mass is 10.1. The van der Waals surface area contributed by atoms with Gasteiger partial charge in [-0.25, -0.2) is 4.98 Å². The fourth-order valence-corrected chi connectivity index (χ4v) is 3.47. The number of para-hydroxylation sites is 1. The summed E-state index contributed by atoms with van der Waals surface area (Å²) in [4.78, 5) is 41.1. The molecule has 1 amide bonds. The number of aryl methyl sites for hydroxylation is 4. The Labute approximate surface area is 174 Å². The van der Waals surface area contributed by atoms with Crippen LogP contribution in [0.4, 0.5) is 5.69 Å². The molecule has 1 heterocycles. The van der Waals surface area contributed by atoms with Gasteiger partial charge in [-0.3, -0.25) is 19.0 Å². The van der Waals surface area contributed by atoms with Gasteiger partial charge in [-0.2, -0.15) is 0 Å². The molecule has 0 fully saturated rings. The van der Waals surface area contributed by atoms with E-state index in [1.165, 1.54) is 4.57 Å². The molecule has 156 valence electrons. The summed E-state index contributed by atoms with van der Waals surface area (Å²) < 4.78 is 6.53. The van der Waals surface area contributed by atoms with Gasteiger partial charge in [-0.1, -0.05) is 29.8 Å². The summed E-state index contributed by atoms with van der Waals surface area (Å²) in [5.41, 5.74) is 4.19. The molecule has 0 saturated carbocycles. The van der Waals surface area contributed by atoms with E-state index >= 15 is 0 Å². The van der Waals surface area contributed by atoms with E-state index in [-0.39, 0.29) is 25.0 Å². The van der Waals surface area contributed by atoms with Gasteiger partial charge >= 0.3 is 5.97 Å². The van der Waals surface area contributed by atoms with Crippen LogP contribution in [0.2, 0.25) is 0 Å². The maximum atomic E-state index is 12.4. The van der Waals surface area contributed by atoms with Crippen molar-refractivity contribution in [2.45, 2.75) is 33.6 Å². The SMILES string of the molecule is Cc1cc(C)c(NC(=O)COC(=O)CCc2nc3ccccc3c(=O)n2C)c(C)c1. The number of aromatic nitrogens is 2. The van der Waals surface area contributed by atoms with Crippen LogP contribution in [0.15, 0.2) is 41.2 Å². The number of esters is 1. The molecule has 3 rings (SSSR count). The van der Waals surface area contributed by atoms with E-state index < -0.39 is 11.9 Å². The number of fused-ring (bicyclic) bond motifs is 1. The Kier molecular flexibility index (Phi) is 6.30. The summed E-state index contributed by atoms with van der Waals surface area (Å²) in [5, 5.41) is 3.33. The molecule has 1 N–H and O–H groups in total. The Morgan fingerprint density at radius 3 is 2.47 bits per heavy atom. The highest BCUT2D eigenvalue weighted by Gasteiger charge is 2.13. The van der Waals surface area contributed by atoms with Crippen molar-refractivity contribution in [3.8, 4) is 0 Å². The normalized spacial score (nSPS) is 10.8. The Morgan fingerprint density at radius 2 is 1.77 bits per heavy atom. The molecular weight excluding hydrogens is 382 g/mol. The molecule has 0 aliphatic carbocycles. The predicted octanol–water partition coefficient (Wildman–Crippen LogP) is 2.97. The van der Waals surface area contributed by atoms with E-state index in [4.69, 9.17) is 4.74 Å². The van der Waals surface area contributed by atoms with Gasteiger partial charge in [0, 0.05) is 19.2 Å². The lowest BCUT2D eigenvalue weighted by molar-refractivity contribution is -0.147. The first-order valence-corrected chi connectivity index (χ1v) is 9.74. The van der Waals surface area contributed by atoms with Crippen LogP contribution >= 0.6 is 0 Å². The molecule has 2 aromatic carbocycles. The van der Waals surface area contributed by atoms with Crippen molar-refractivity contribution in [3.63, 3.8) is 0 Å². The highest BCUT2D eigenvalue weighted by molar-refractivity contribution is 5.94. The van der Waals surface area contributed by atoms with Crippen LogP contribution in [0.1, 0.15) is 28.9 Å². The topological polar surface area (TPSA) is 90.3 Å². The average Bonchev–Trinajstić information content (AvgIpc) is 2.70. The van der Waals surface area contributed by atoms with E-state index in [2.05, 4.69) is 10.3 Å². The van der Waals surface area contributed by atoms with Gasteiger partial charge in [0.1, 0.15) is 5.82 Å². The molecule has 0 spiro atoms. The number of hydrogen-bond acceptors (Lipinski definition) is 5. The van der Waals surface area contributed by atoms with Crippen molar-refractivity contribution in [2.75, 3.05) is 11.9 Å². The lowest BCUT2D eigenvalue weighted by Crippen LogP contribution is -2.24.